The van der Waals surface area contributed by atoms with Gasteiger partial charge in [-0.05, 0) is 18.6 Å². The molecule has 0 atom stereocenters. The van der Waals surface area contributed by atoms with Crippen molar-refractivity contribution in [1.82, 2.24) is 4.90 Å². The summed E-state index contributed by atoms with van der Waals surface area (Å²) in [5, 5.41) is 0. The third-order valence-corrected chi connectivity index (χ3v) is 3.47. The summed E-state index contributed by atoms with van der Waals surface area (Å²) < 4.78 is 5.78. The van der Waals surface area contributed by atoms with Gasteiger partial charge in [-0.3, -0.25) is 9.69 Å². The molecule has 1 aromatic rings. The van der Waals surface area contributed by atoms with Gasteiger partial charge in [-0.15, -0.1) is 35.6 Å². The predicted molar refractivity (Wildman–Crippen MR) is 96.3 cm³/mol. The molecule has 0 bridgehead atoms. The fourth-order valence-electron chi connectivity index (χ4n) is 2.04. The van der Waals surface area contributed by atoms with Crippen LogP contribution in [0.5, 0.6) is 5.75 Å². The highest BCUT2D eigenvalue weighted by molar-refractivity contribution is 6.18. The zero-order valence-corrected chi connectivity index (χ0v) is 15.2. The van der Waals surface area contributed by atoms with Gasteiger partial charge in [-0.2, -0.15) is 0 Å². The number of halogens is 3. The van der Waals surface area contributed by atoms with Crippen LogP contribution in [0, 0.1) is 0 Å². The maximum Gasteiger partial charge on any atom is 0.166 e. The van der Waals surface area contributed by atoms with Gasteiger partial charge in [0.25, 0.3) is 0 Å². The maximum absolute atomic E-state index is 12.0. The lowest BCUT2D eigenvalue weighted by Crippen LogP contribution is -2.32. The molecule has 22 heavy (non-hydrogen) atoms. The Bertz CT molecular complexity index is 424. The van der Waals surface area contributed by atoms with Crippen LogP contribution in [0.25, 0.3) is 0 Å². The standard InChI is InChI=1S/C16H23Cl2NO2.ClH/c1-2-5-15(20)14-6-3-4-7-16(14)21-13-12-19(10-8-17)11-9-18;/h3-4,6-7H,2,5,8-13H2,1H3;1H. The van der Waals surface area contributed by atoms with E-state index in [9.17, 15) is 4.79 Å². The smallest absolute Gasteiger partial charge is 0.166 e. The van der Waals surface area contributed by atoms with E-state index in [0.29, 0.717) is 36.1 Å². The van der Waals surface area contributed by atoms with Crippen molar-refractivity contribution >= 4 is 41.4 Å². The molecule has 1 aromatic carbocycles. The van der Waals surface area contributed by atoms with Gasteiger partial charge in [0.2, 0.25) is 0 Å². The minimum Gasteiger partial charge on any atom is -0.491 e. The number of ketones is 1. The lowest BCUT2D eigenvalue weighted by molar-refractivity contribution is 0.0977. The topological polar surface area (TPSA) is 29.5 Å². The first-order valence-corrected chi connectivity index (χ1v) is 8.39. The van der Waals surface area contributed by atoms with Gasteiger partial charge in [-0.1, -0.05) is 19.1 Å². The van der Waals surface area contributed by atoms with Crippen molar-refractivity contribution in [2.75, 3.05) is 38.0 Å². The van der Waals surface area contributed by atoms with E-state index in [2.05, 4.69) is 4.90 Å². The summed E-state index contributed by atoms with van der Waals surface area (Å²) in [4.78, 5) is 14.2. The highest BCUT2D eigenvalue weighted by Crippen LogP contribution is 2.20. The number of carbonyl (C=O) groups is 1. The highest BCUT2D eigenvalue weighted by Gasteiger charge is 2.11. The molecule has 3 nitrogen and oxygen atoms in total. The zero-order chi connectivity index (χ0) is 15.5. The first kappa shape index (κ1) is 21.5. The molecule has 0 fully saturated rings. The van der Waals surface area contributed by atoms with E-state index in [1.165, 1.54) is 0 Å². The summed E-state index contributed by atoms with van der Waals surface area (Å²) in [5.74, 6) is 1.93. The normalized spacial score (nSPS) is 10.4. The summed E-state index contributed by atoms with van der Waals surface area (Å²) in [6.07, 6.45) is 1.39. The SMILES string of the molecule is CCCC(=O)c1ccccc1OCCN(CCCl)CCCl.Cl. The Morgan fingerprint density at radius 1 is 1.14 bits per heavy atom. The Kier molecular flexibility index (Phi) is 12.7. The van der Waals surface area contributed by atoms with Gasteiger partial charge >= 0.3 is 0 Å². The second-order valence-electron chi connectivity index (χ2n) is 4.74. The number of alkyl halides is 2. The Labute approximate surface area is 149 Å². The molecule has 0 N–H and O–H groups in total. The van der Waals surface area contributed by atoms with Crippen LogP contribution in [0.1, 0.15) is 30.1 Å². The molecule has 0 amide bonds. The molecule has 0 radical (unpaired) electrons. The summed E-state index contributed by atoms with van der Waals surface area (Å²) >= 11 is 11.5. The van der Waals surface area contributed by atoms with E-state index in [4.69, 9.17) is 27.9 Å². The molecule has 0 spiro atoms. The van der Waals surface area contributed by atoms with E-state index in [1.54, 1.807) is 0 Å². The average Bonchev–Trinajstić information content (AvgIpc) is 2.48. The molecule has 0 aliphatic heterocycles. The second kappa shape index (κ2) is 13.0. The summed E-state index contributed by atoms with van der Waals surface area (Å²) in [7, 11) is 0. The molecule has 0 saturated heterocycles. The van der Waals surface area contributed by atoms with Crippen LogP contribution in [-0.4, -0.2) is 48.7 Å². The molecular formula is C16H24Cl3NO2. The van der Waals surface area contributed by atoms with E-state index < -0.39 is 0 Å². The van der Waals surface area contributed by atoms with Crippen molar-refractivity contribution in [2.45, 2.75) is 19.8 Å². The minimum absolute atomic E-state index is 0. The number of hydrogen-bond donors (Lipinski definition) is 0. The minimum atomic E-state index is 0. The fourth-order valence-corrected chi connectivity index (χ4v) is 2.52. The zero-order valence-electron chi connectivity index (χ0n) is 12.9. The molecule has 0 aromatic heterocycles. The van der Waals surface area contributed by atoms with E-state index >= 15 is 0 Å². The van der Waals surface area contributed by atoms with Gasteiger partial charge in [0, 0.05) is 37.8 Å². The van der Waals surface area contributed by atoms with Gasteiger partial charge in [-0.25, -0.2) is 0 Å². The highest BCUT2D eigenvalue weighted by atomic mass is 35.5. The monoisotopic (exact) mass is 367 g/mol. The Morgan fingerprint density at radius 2 is 1.77 bits per heavy atom. The molecule has 0 aliphatic rings. The van der Waals surface area contributed by atoms with Gasteiger partial charge < -0.3 is 4.74 Å². The van der Waals surface area contributed by atoms with Crippen molar-refractivity contribution in [3.05, 3.63) is 29.8 Å². The summed E-state index contributed by atoms with van der Waals surface area (Å²) in [5.41, 5.74) is 0.667. The average molecular weight is 369 g/mol. The quantitative estimate of drug-likeness (QED) is 0.432. The Morgan fingerprint density at radius 3 is 2.36 bits per heavy atom. The molecular weight excluding hydrogens is 345 g/mol. The van der Waals surface area contributed by atoms with Gasteiger partial charge in [0.15, 0.2) is 5.78 Å². The van der Waals surface area contributed by atoms with E-state index in [0.717, 1.165) is 26.1 Å². The number of rotatable bonds is 11. The van der Waals surface area contributed by atoms with Crippen LogP contribution in [0.2, 0.25) is 0 Å². The van der Waals surface area contributed by atoms with Crippen LogP contribution in [0.15, 0.2) is 24.3 Å². The van der Waals surface area contributed by atoms with Crippen molar-refractivity contribution < 1.29 is 9.53 Å². The Balaban J connectivity index is 0.00000441. The fraction of sp³-hybridized carbons (Fsp3) is 0.562. The van der Waals surface area contributed by atoms with E-state index in [1.807, 2.05) is 31.2 Å². The van der Waals surface area contributed by atoms with Crippen LogP contribution in [-0.2, 0) is 0 Å². The first-order valence-electron chi connectivity index (χ1n) is 7.32. The number of hydrogen-bond acceptors (Lipinski definition) is 3. The van der Waals surface area contributed by atoms with Crippen molar-refractivity contribution in [3.8, 4) is 5.75 Å². The number of benzene rings is 1. The number of ether oxygens (including phenoxy) is 1. The molecule has 0 saturated carbocycles. The van der Waals surface area contributed by atoms with Crippen molar-refractivity contribution in [2.24, 2.45) is 0 Å². The van der Waals surface area contributed by atoms with Gasteiger partial charge in [0.1, 0.15) is 12.4 Å². The molecule has 0 heterocycles. The number of carbonyl (C=O) groups excluding carboxylic acids is 1. The van der Waals surface area contributed by atoms with Crippen molar-refractivity contribution in [3.63, 3.8) is 0 Å². The van der Waals surface area contributed by atoms with Crippen LogP contribution in [0.4, 0.5) is 0 Å². The molecule has 1 rings (SSSR count). The summed E-state index contributed by atoms with van der Waals surface area (Å²) in [6.45, 7) is 4.83. The molecule has 6 heteroatoms. The molecule has 126 valence electrons. The first-order chi connectivity index (χ1) is 10.2. The van der Waals surface area contributed by atoms with Crippen molar-refractivity contribution in [1.29, 1.82) is 0 Å². The maximum atomic E-state index is 12.0. The van der Waals surface area contributed by atoms with Crippen LogP contribution < -0.4 is 4.74 Å². The number of para-hydroxylation sites is 1. The molecule has 0 aliphatic carbocycles. The number of Topliss-reactive ketones (excluding diaryl/α,β-unsaturated/α-hetero) is 1. The number of nitrogens with zero attached hydrogens (tertiary/aromatic N) is 1. The van der Waals surface area contributed by atoms with Gasteiger partial charge in [0.05, 0.1) is 5.56 Å². The van der Waals surface area contributed by atoms with Crippen LogP contribution in [0.3, 0.4) is 0 Å². The largest absolute Gasteiger partial charge is 0.491 e. The third kappa shape index (κ3) is 7.68. The lowest BCUT2D eigenvalue weighted by atomic mass is 10.1. The Hall–Kier alpha value is -0.480. The third-order valence-electron chi connectivity index (χ3n) is 3.13. The lowest BCUT2D eigenvalue weighted by Gasteiger charge is -2.20. The predicted octanol–water partition coefficient (Wildman–Crippen LogP) is 4.25. The molecule has 0 unspecified atom stereocenters. The van der Waals surface area contributed by atoms with Crippen LogP contribution >= 0.6 is 35.6 Å². The van der Waals surface area contributed by atoms with E-state index in [-0.39, 0.29) is 18.2 Å². The second-order valence-corrected chi connectivity index (χ2v) is 5.49. The summed E-state index contributed by atoms with van der Waals surface area (Å²) in [6, 6.07) is 7.41.